The summed E-state index contributed by atoms with van der Waals surface area (Å²) < 4.78 is 40.0. The van der Waals surface area contributed by atoms with E-state index >= 15 is 0 Å². The van der Waals surface area contributed by atoms with Crippen LogP contribution in [0.15, 0.2) is 5.16 Å². The van der Waals surface area contributed by atoms with Gasteiger partial charge in [-0.3, -0.25) is 4.90 Å². The molecule has 2 aliphatic heterocycles. The molecule has 4 aliphatic rings. The van der Waals surface area contributed by atoms with Crippen molar-refractivity contribution in [2.45, 2.75) is 88.6 Å². The predicted octanol–water partition coefficient (Wildman–Crippen LogP) is 5.49. The third-order valence-corrected chi connectivity index (χ3v) is 7.63. The molecule has 148 valence electrons. The minimum absolute atomic E-state index is 0.126. The van der Waals surface area contributed by atoms with Crippen molar-refractivity contribution in [1.29, 1.82) is 0 Å². The van der Waals surface area contributed by atoms with Crippen molar-refractivity contribution in [2.75, 3.05) is 6.54 Å². The van der Waals surface area contributed by atoms with Crippen LogP contribution >= 0.6 is 15.9 Å². The Balaban J connectivity index is 1.44. The first-order chi connectivity index (χ1) is 12.4. The number of halogens is 4. The molecule has 26 heavy (non-hydrogen) atoms. The molecule has 0 N–H and O–H groups in total. The third kappa shape index (κ3) is 3.94. The molecule has 2 aliphatic carbocycles. The number of alkyl halides is 3. The van der Waals surface area contributed by atoms with Crippen molar-refractivity contribution in [3.8, 4) is 0 Å². The van der Waals surface area contributed by atoms with Crippen LogP contribution in [0.2, 0.25) is 0 Å². The summed E-state index contributed by atoms with van der Waals surface area (Å²) in [7, 11) is 0. The Morgan fingerprint density at radius 3 is 2.38 bits per heavy atom. The second kappa shape index (κ2) is 7.61. The predicted molar refractivity (Wildman–Crippen MR) is 98.2 cm³/mol. The molecule has 2 heterocycles. The average molecular weight is 437 g/mol. The number of likely N-dealkylation sites (tertiary alicyclic amines) is 1. The van der Waals surface area contributed by atoms with Gasteiger partial charge >= 0.3 is 6.18 Å². The van der Waals surface area contributed by atoms with Crippen LogP contribution in [0.1, 0.15) is 64.2 Å². The van der Waals surface area contributed by atoms with Crippen LogP contribution in [0.25, 0.3) is 0 Å². The topological polar surface area (TPSA) is 24.8 Å². The number of hydrogen-bond donors (Lipinski definition) is 0. The summed E-state index contributed by atoms with van der Waals surface area (Å²) in [6.45, 7) is 0.961. The van der Waals surface area contributed by atoms with E-state index < -0.39 is 12.1 Å². The van der Waals surface area contributed by atoms with Crippen LogP contribution in [0, 0.1) is 17.8 Å². The largest absolute Gasteiger partial charge is 0.391 e. The standard InChI is InChI=1S/C19H28BrF3N2O/c20-18-10-17(26-24-18)13-9-12-3-1-2-4-16(12)25(11-13)15-7-5-14(6-8-15)19(21,22)23/h12-17H,1-11H2. The monoisotopic (exact) mass is 436 g/mol. The van der Waals surface area contributed by atoms with Crippen molar-refractivity contribution in [2.24, 2.45) is 22.9 Å². The van der Waals surface area contributed by atoms with Crippen molar-refractivity contribution < 1.29 is 18.0 Å². The number of hydrogen-bond acceptors (Lipinski definition) is 3. The molecule has 0 spiro atoms. The van der Waals surface area contributed by atoms with E-state index in [2.05, 4.69) is 26.0 Å². The van der Waals surface area contributed by atoms with Crippen LogP contribution in [-0.2, 0) is 4.84 Å². The zero-order valence-electron chi connectivity index (χ0n) is 15.1. The lowest BCUT2D eigenvalue weighted by atomic mass is 9.71. The molecule has 0 radical (unpaired) electrons. The first-order valence-corrected chi connectivity index (χ1v) is 10.9. The molecule has 3 nitrogen and oxygen atoms in total. The highest BCUT2D eigenvalue weighted by Crippen LogP contribution is 2.45. The van der Waals surface area contributed by atoms with Crippen LogP contribution < -0.4 is 0 Å². The summed E-state index contributed by atoms with van der Waals surface area (Å²) in [6, 6.07) is 0.881. The van der Waals surface area contributed by atoms with Crippen molar-refractivity contribution in [3.05, 3.63) is 0 Å². The highest BCUT2D eigenvalue weighted by molar-refractivity contribution is 9.18. The van der Waals surface area contributed by atoms with E-state index in [1.165, 1.54) is 32.1 Å². The van der Waals surface area contributed by atoms with Gasteiger partial charge in [0.1, 0.15) is 10.7 Å². The molecule has 0 amide bonds. The summed E-state index contributed by atoms with van der Waals surface area (Å²) in [5.41, 5.74) is 0. The van der Waals surface area contributed by atoms with Gasteiger partial charge in [0.15, 0.2) is 0 Å². The van der Waals surface area contributed by atoms with E-state index in [4.69, 9.17) is 4.84 Å². The first-order valence-electron chi connectivity index (χ1n) is 10.1. The lowest BCUT2D eigenvalue weighted by Crippen LogP contribution is -2.56. The molecule has 4 rings (SSSR count). The molecule has 0 aromatic carbocycles. The fraction of sp³-hybridized carbons (Fsp3) is 0.947. The Labute approximate surface area is 161 Å². The highest BCUT2D eigenvalue weighted by Gasteiger charge is 2.47. The van der Waals surface area contributed by atoms with Gasteiger partial charge in [-0.1, -0.05) is 18.0 Å². The third-order valence-electron chi connectivity index (χ3n) is 7.16. The highest BCUT2D eigenvalue weighted by atomic mass is 79.9. The average Bonchev–Trinajstić information content (AvgIpc) is 3.06. The van der Waals surface area contributed by atoms with Gasteiger partial charge in [0.05, 0.1) is 5.92 Å². The van der Waals surface area contributed by atoms with Gasteiger partial charge in [0.2, 0.25) is 0 Å². The molecule has 0 aromatic heterocycles. The van der Waals surface area contributed by atoms with Gasteiger partial charge in [-0.25, -0.2) is 0 Å². The summed E-state index contributed by atoms with van der Waals surface area (Å²) >= 11 is 3.44. The first kappa shape index (κ1) is 19.0. The molecule has 4 atom stereocenters. The molecule has 3 fully saturated rings. The number of rotatable bonds is 2. The number of fused-ring (bicyclic) bond motifs is 1. The fourth-order valence-electron chi connectivity index (χ4n) is 5.81. The fourth-order valence-corrected chi connectivity index (χ4v) is 6.21. The molecular formula is C19H28BrF3N2O. The molecule has 7 heteroatoms. The quantitative estimate of drug-likeness (QED) is 0.571. The molecule has 0 bridgehead atoms. The molecule has 0 aromatic rings. The molecule has 2 saturated carbocycles. The van der Waals surface area contributed by atoms with Crippen molar-refractivity contribution in [1.82, 2.24) is 4.90 Å². The summed E-state index contributed by atoms with van der Waals surface area (Å²) in [4.78, 5) is 8.24. The van der Waals surface area contributed by atoms with Gasteiger partial charge in [0, 0.05) is 31.0 Å². The van der Waals surface area contributed by atoms with Crippen LogP contribution in [0.5, 0.6) is 0 Å². The van der Waals surface area contributed by atoms with Crippen molar-refractivity contribution in [3.63, 3.8) is 0 Å². The van der Waals surface area contributed by atoms with E-state index in [9.17, 15) is 13.2 Å². The Morgan fingerprint density at radius 1 is 1.00 bits per heavy atom. The Kier molecular flexibility index (Phi) is 5.57. The molecule has 4 unspecified atom stereocenters. The maximum atomic E-state index is 13.0. The SMILES string of the molecule is FC(F)(F)C1CCC(N2CC(C3CC(Br)=NO3)CC3CCCCC32)CC1. The number of nitrogens with zero attached hydrogens (tertiary/aromatic N) is 2. The van der Waals surface area contributed by atoms with E-state index in [0.717, 1.165) is 17.6 Å². The lowest BCUT2D eigenvalue weighted by molar-refractivity contribution is -0.186. The number of piperidine rings is 1. The molecule has 1 saturated heterocycles. The second-order valence-electron chi connectivity index (χ2n) is 8.67. The minimum atomic E-state index is -4.02. The van der Waals surface area contributed by atoms with Crippen LogP contribution in [-0.4, -0.2) is 40.4 Å². The minimum Gasteiger partial charge on any atom is -0.391 e. The smallest absolute Gasteiger partial charge is 0.391 e. The lowest BCUT2D eigenvalue weighted by Gasteiger charge is -2.52. The Bertz CT molecular complexity index is 533. The van der Waals surface area contributed by atoms with E-state index in [0.29, 0.717) is 49.6 Å². The van der Waals surface area contributed by atoms with E-state index in [1.54, 1.807) is 0 Å². The normalized spacial score (nSPS) is 42.1. The summed E-state index contributed by atoms with van der Waals surface area (Å²) in [5, 5.41) is 4.06. The second-order valence-corrected chi connectivity index (χ2v) is 9.58. The molecular weight excluding hydrogens is 409 g/mol. The zero-order chi connectivity index (χ0) is 18.3. The maximum absolute atomic E-state index is 13.0. The Morgan fingerprint density at radius 2 is 1.73 bits per heavy atom. The zero-order valence-corrected chi connectivity index (χ0v) is 16.6. The van der Waals surface area contributed by atoms with Crippen LogP contribution in [0.3, 0.4) is 0 Å². The summed E-state index contributed by atoms with van der Waals surface area (Å²) in [5.74, 6) is 0.0170. The van der Waals surface area contributed by atoms with Gasteiger partial charge in [-0.15, -0.1) is 0 Å². The van der Waals surface area contributed by atoms with E-state index in [-0.39, 0.29) is 6.10 Å². The van der Waals surface area contributed by atoms with Gasteiger partial charge in [-0.05, 0) is 66.8 Å². The maximum Gasteiger partial charge on any atom is 0.391 e. The van der Waals surface area contributed by atoms with Crippen molar-refractivity contribution >= 4 is 20.6 Å². The summed E-state index contributed by atoms with van der Waals surface area (Å²) in [6.07, 6.45) is 5.08. The van der Waals surface area contributed by atoms with E-state index in [1.807, 2.05) is 0 Å². The van der Waals surface area contributed by atoms with Gasteiger partial charge in [0.25, 0.3) is 0 Å². The van der Waals surface area contributed by atoms with Crippen LogP contribution in [0.4, 0.5) is 13.2 Å². The van der Waals surface area contributed by atoms with Gasteiger partial charge in [-0.2, -0.15) is 13.2 Å². The number of oxime groups is 1. The van der Waals surface area contributed by atoms with Gasteiger partial charge < -0.3 is 4.84 Å². The Hall–Kier alpha value is -0.300.